The normalized spacial score (nSPS) is 19.4. The summed E-state index contributed by atoms with van der Waals surface area (Å²) in [6, 6.07) is 0. The molecule has 0 saturated heterocycles. The number of nitrogens with one attached hydrogen (secondary N) is 1. The Bertz CT molecular complexity index is 102. The number of hydrogen-bond donors (Lipinski definition) is 6. The van der Waals surface area contributed by atoms with E-state index in [1.807, 2.05) is 0 Å². The van der Waals surface area contributed by atoms with Crippen molar-refractivity contribution in [1.82, 2.24) is 5.43 Å². The number of aliphatic hydroxyl groups excluding tert-OH is 4. The summed E-state index contributed by atoms with van der Waals surface area (Å²) in [6.45, 7) is -0.638. The zero-order valence-corrected chi connectivity index (χ0v) is 6.01. The number of hydrazine groups is 1. The van der Waals surface area contributed by atoms with Crippen molar-refractivity contribution in [2.45, 2.75) is 18.3 Å². The lowest BCUT2D eigenvalue weighted by molar-refractivity contribution is -0.0749. The van der Waals surface area contributed by atoms with Crippen LogP contribution < -0.4 is 11.3 Å². The zero-order chi connectivity index (χ0) is 8.85. The van der Waals surface area contributed by atoms with E-state index in [1.54, 1.807) is 0 Å². The van der Waals surface area contributed by atoms with Gasteiger partial charge in [-0.05, 0) is 0 Å². The summed E-state index contributed by atoms with van der Waals surface area (Å²) in [4.78, 5) is 0. The highest BCUT2D eigenvalue weighted by atomic mass is 16.4. The van der Waals surface area contributed by atoms with Gasteiger partial charge in [0.05, 0.1) is 12.7 Å². The van der Waals surface area contributed by atoms with E-state index in [2.05, 4.69) is 5.43 Å². The average Bonchev–Trinajstić information content (AvgIpc) is 2.02. The lowest BCUT2D eigenvalue weighted by Gasteiger charge is -2.20. The molecular weight excluding hydrogens is 152 g/mol. The molecule has 0 amide bonds. The van der Waals surface area contributed by atoms with E-state index in [1.165, 1.54) is 0 Å². The first-order valence-corrected chi connectivity index (χ1v) is 3.22. The maximum Gasteiger partial charge on any atom is 0.109 e. The Morgan fingerprint density at radius 3 is 2.09 bits per heavy atom. The minimum absolute atomic E-state index is 0.0434. The number of nitrogens with two attached hydrogens (primary N) is 1. The predicted octanol–water partition coefficient (Wildman–Crippen LogP) is -3.48. The van der Waals surface area contributed by atoms with Crippen LogP contribution in [0.1, 0.15) is 0 Å². The van der Waals surface area contributed by atoms with Crippen molar-refractivity contribution < 1.29 is 20.4 Å². The molecule has 6 nitrogen and oxygen atoms in total. The summed E-state index contributed by atoms with van der Waals surface area (Å²) in [7, 11) is 0. The first kappa shape index (κ1) is 10.8. The Morgan fingerprint density at radius 1 is 1.18 bits per heavy atom. The van der Waals surface area contributed by atoms with Crippen molar-refractivity contribution in [3.05, 3.63) is 0 Å². The van der Waals surface area contributed by atoms with Crippen molar-refractivity contribution in [2.24, 2.45) is 5.84 Å². The van der Waals surface area contributed by atoms with Crippen LogP contribution in [-0.4, -0.2) is 51.9 Å². The minimum atomic E-state index is -1.38. The third-order valence-electron chi connectivity index (χ3n) is 1.30. The first-order chi connectivity index (χ1) is 5.13. The molecule has 0 saturated carbocycles. The third-order valence-corrected chi connectivity index (χ3v) is 1.30. The molecule has 0 spiro atoms. The highest BCUT2D eigenvalue weighted by molar-refractivity contribution is 4.75. The topological polar surface area (TPSA) is 119 Å². The molecule has 0 aromatic carbocycles. The van der Waals surface area contributed by atoms with Crippen LogP contribution in [0.2, 0.25) is 0 Å². The van der Waals surface area contributed by atoms with E-state index in [0.29, 0.717) is 0 Å². The van der Waals surface area contributed by atoms with Crippen LogP contribution in [0.15, 0.2) is 0 Å². The molecule has 0 unspecified atom stereocenters. The molecule has 0 aromatic heterocycles. The third kappa shape index (κ3) is 3.61. The molecule has 7 N–H and O–H groups in total. The van der Waals surface area contributed by atoms with Gasteiger partial charge in [-0.3, -0.25) is 11.3 Å². The Balaban J connectivity index is 3.70. The minimum Gasteiger partial charge on any atom is -0.394 e. The van der Waals surface area contributed by atoms with Crippen molar-refractivity contribution in [3.8, 4) is 0 Å². The molecule has 0 radical (unpaired) electrons. The Hall–Kier alpha value is -0.240. The standard InChI is InChI=1S/C5H14N2O4/c6-7-1-3(9)5(11)4(10)2-8/h3-5,7-11H,1-2,6H2/t3-,4+,5+/m0/s1. The van der Waals surface area contributed by atoms with Crippen LogP contribution >= 0.6 is 0 Å². The van der Waals surface area contributed by atoms with E-state index in [9.17, 15) is 0 Å². The summed E-state index contributed by atoms with van der Waals surface area (Å²) in [5.41, 5.74) is 2.12. The van der Waals surface area contributed by atoms with E-state index in [0.717, 1.165) is 0 Å². The van der Waals surface area contributed by atoms with Crippen LogP contribution in [0.4, 0.5) is 0 Å². The molecule has 3 atom stereocenters. The van der Waals surface area contributed by atoms with Gasteiger partial charge in [0.1, 0.15) is 12.2 Å². The first-order valence-electron chi connectivity index (χ1n) is 3.22. The van der Waals surface area contributed by atoms with Gasteiger partial charge in [-0.15, -0.1) is 0 Å². The smallest absolute Gasteiger partial charge is 0.109 e. The van der Waals surface area contributed by atoms with E-state index in [4.69, 9.17) is 26.3 Å². The summed E-state index contributed by atoms with van der Waals surface area (Å²) in [5, 5.41) is 35.1. The maximum atomic E-state index is 8.96. The Kier molecular flexibility index (Phi) is 5.30. The van der Waals surface area contributed by atoms with E-state index < -0.39 is 24.9 Å². The summed E-state index contributed by atoms with van der Waals surface area (Å²) in [6.07, 6.45) is -3.89. The van der Waals surface area contributed by atoms with Crippen molar-refractivity contribution >= 4 is 0 Å². The van der Waals surface area contributed by atoms with Gasteiger partial charge in [-0.1, -0.05) is 0 Å². The van der Waals surface area contributed by atoms with Crippen molar-refractivity contribution in [2.75, 3.05) is 13.2 Å². The second-order valence-corrected chi connectivity index (χ2v) is 2.22. The molecule has 0 bridgehead atoms. The fourth-order valence-corrected chi connectivity index (χ4v) is 0.606. The van der Waals surface area contributed by atoms with Crippen molar-refractivity contribution in [3.63, 3.8) is 0 Å². The second-order valence-electron chi connectivity index (χ2n) is 2.22. The second kappa shape index (κ2) is 5.42. The number of hydrogen-bond acceptors (Lipinski definition) is 6. The molecular formula is C5H14N2O4. The molecule has 11 heavy (non-hydrogen) atoms. The van der Waals surface area contributed by atoms with Gasteiger partial charge >= 0.3 is 0 Å². The number of aliphatic hydroxyl groups is 4. The van der Waals surface area contributed by atoms with Gasteiger partial charge in [0, 0.05) is 6.54 Å². The Morgan fingerprint density at radius 2 is 1.73 bits per heavy atom. The van der Waals surface area contributed by atoms with Crippen LogP contribution in [0.5, 0.6) is 0 Å². The maximum absolute atomic E-state index is 8.96. The monoisotopic (exact) mass is 166 g/mol. The average molecular weight is 166 g/mol. The molecule has 0 heterocycles. The van der Waals surface area contributed by atoms with Crippen molar-refractivity contribution in [1.29, 1.82) is 0 Å². The highest BCUT2D eigenvalue weighted by Crippen LogP contribution is 1.97. The fourth-order valence-electron chi connectivity index (χ4n) is 0.606. The quantitative estimate of drug-likeness (QED) is 0.186. The van der Waals surface area contributed by atoms with Gasteiger partial charge in [-0.25, -0.2) is 0 Å². The molecule has 0 fully saturated rings. The molecule has 0 aliphatic heterocycles. The molecule has 0 rings (SSSR count). The van der Waals surface area contributed by atoms with E-state index in [-0.39, 0.29) is 6.54 Å². The van der Waals surface area contributed by atoms with Crippen LogP contribution in [0, 0.1) is 0 Å². The van der Waals surface area contributed by atoms with Gasteiger partial charge < -0.3 is 20.4 Å². The van der Waals surface area contributed by atoms with Crippen LogP contribution in [0.25, 0.3) is 0 Å². The highest BCUT2D eigenvalue weighted by Gasteiger charge is 2.22. The lowest BCUT2D eigenvalue weighted by atomic mass is 10.1. The molecule has 68 valence electrons. The molecule has 6 heteroatoms. The molecule has 0 aromatic rings. The van der Waals surface area contributed by atoms with E-state index >= 15 is 0 Å². The number of rotatable bonds is 5. The van der Waals surface area contributed by atoms with Gasteiger partial charge in [0.2, 0.25) is 0 Å². The SMILES string of the molecule is NNC[C@H](O)[C@@H](O)[C@H](O)CO. The fraction of sp³-hybridized carbons (Fsp3) is 1.00. The predicted molar refractivity (Wildman–Crippen MR) is 37.3 cm³/mol. The Labute approximate surface area is 64.2 Å². The molecule has 0 aliphatic rings. The largest absolute Gasteiger partial charge is 0.394 e. The van der Waals surface area contributed by atoms with Crippen LogP contribution in [-0.2, 0) is 0 Å². The van der Waals surface area contributed by atoms with Crippen LogP contribution in [0.3, 0.4) is 0 Å². The molecule has 0 aliphatic carbocycles. The van der Waals surface area contributed by atoms with Gasteiger partial charge in [0.15, 0.2) is 0 Å². The summed E-state index contributed by atoms with van der Waals surface area (Å²) < 4.78 is 0. The van der Waals surface area contributed by atoms with Gasteiger partial charge in [-0.2, -0.15) is 0 Å². The summed E-state index contributed by atoms with van der Waals surface area (Å²) in [5.74, 6) is 4.84. The lowest BCUT2D eigenvalue weighted by Crippen LogP contribution is -2.46. The summed E-state index contributed by atoms with van der Waals surface area (Å²) >= 11 is 0. The van der Waals surface area contributed by atoms with Gasteiger partial charge in [0.25, 0.3) is 0 Å². The zero-order valence-electron chi connectivity index (χ0n) is 6.01.